The molecule has 0 aliphatic rings. The molecule has 0 saturated carbocycles. The summed E-state index contributed by atoms with van der Waals surface area (Å²) in [5.41, 5.74) is 0.620. The monoisotopic (exact) mass is 307 g/mol. The Balaban J connectivity index is 2.35. The summed E-state index contributed by atoms with van der Waals surface area (Å²) in [5, 5.41) is 3.39. The molecule has 0 aliphatic heterocycles. The van der Waals surface area contributed by atoms with E-state index in [0.717, 1.165) is 19.4 Å². The number of hydrogen-bond acceptors (Lipinski definition) is 1. The molecule has 1 atom stereocenters. The molecule has 0 saturated heterocycles. The molecule has 0 aliphatic carbocycles. The van der Waals surface area contributed by atoms with Crippen molar-refractivity contribution in [3.63, 3.8) is 0 Å². The van der Waals surface area contributed by atoms with Gasteiger partial charge in [0.1, 0.15) is 5.82 Å². The molecule has 0 spiro atoms. The first-order chi connectivity index (χ1) is 7.65. The maximum atomic E-state index is 13.5. The van der Waals surface area contributed by atoms with Crippen LogP contribution in [-0.4, -0.2) is 11.4 Å². The van der Waals surface area contributed by atoms with Crippen molar-refractivity contribution >= 4 is 27.5 Å². The minimum absolute atomic E-state index is 0.186. The smallest absolute Gasteiger partial charge is 0.146 e. The third-order valence-corrected chi connectivity index (χ3v) is 3.82. The van der Waals surface area contributed by atoms with E-state index < -0.39 is 0 Å². The van der Waals surface area contributed by atoms with Gasteiger partial charge in [0.15, 0.2) is 0 Å². The van der Waals surface area contributed by atoms with E-state index in [0.29, 0.717) is 16.9 Å². The molecule has 1 nitrogen and oxygen atoms in total. The van der Waals surface area contributed by atoms with Gasteiger partial charge in [0.25, 0.3) is 0 Å². The molecule has 0 bridgehead atoms. The minimum Gasteiger partial charge on any atom is -0.313 e. The molecule has 1 aromatic carbocycles. The second-order valence-electron chi connectivity index (χ2n) is 3.68. The fourth-order valence-electron chi connectivity index (χ4n) is 1.37. The van der Waals surface area contributed by atoms with Crippen LogP contribution in [0.4, 0.5) is 4.39 Å². The number of rotatable bonds is 6. The molecule has 0 aromatic heterocycles. The summed E-state index contributed by atoms with van der Waals surface area (Å²) in [5.74, 6) is -0.317. The fraction of sp³-hybridized carbons (Fsp3) is 0.500. The Morgan fingerprint density at radius 2 is 2.25 bits per heavy atom. The minimum atomic E-state index is -0.317. The molecule has 0 fully saturated rings. The molecule has 0 amide bonds. The first-order valence-corrected chi connectivity index (χ1v) is 6.72. The number of benzene rings is 1. The van der Waals surface area contributed by atoms with Gasteiger partial charge in [-0.2, -0.15) is 0 Å². The second-order valence-corrected chi connectivity index (χ2v) is 5.39. The number of nitrogens with one attached hydrogen (secondary N) is 1. The van der Waals surface area contributed by atoms with E-state index in [2.05, 4.69) is 28.2 Å². The van der Waals surface area contributed by atoms with E-state index in [4.69, 9.17) is 11.6 Å². The zero-order valence-corrected chi connectivity index (χ0v) is 11.6. The lowest BCUT2D eigenvalue weighted by Crippen LogP contribution is -2.18. The number of hydrogen-bond donors (Lipinski definition) is 1. The van der Waals surface area contributed by atoms with Crippen LogP contribution in [0.2, 0.25) is 5.02 Å². The molecular weight excluding hydrogens is 292 g/mol. The van der Waals surface area contributed by atoms with Gasteiger partial charge >= 0.3 is 0 Å². The van der Waals surface area contributed by atoms with E-state index in [1.54, 1.807) is 18.2 Å². The van der Waals surface area contributed by atoms with Crippen molar-refractivity contribution in [3.8, 4) is 0 Å². The van der Waals surface area contributed by atoms with Crippen molar-refractivity contribution in [2.24, 2.45) is 0 Å². The van der Waals surface area contributed by atoms with Gasteiger partial charge in [-0.1, -0.05) is 46.6 Å². The average Bonchev–Trinajstić information content (AvgIpc) is 2.29. The molecule has 1 rings (SSSR count). The van der Waals surface area contributed by atoms with Crippen LogP contribution in [0.1, 0.15) is 25.3 Å². The Morgan fingerprint density at radius 1 is 1.50 bits per heavy atom. The first kappa shape index (κ1) is 13.9. The van der Waals surface area contributed by atoms with Gasteiger partial charge in [0.2, 0.25) is 0 Å². The topological polar surface area (TPSA) is 12.0 Å². The Hall–Kier alpha value is -0.120. The third kappa shape index (κ3) is 4.40. The quantitative estimate of drug-likeness (QED) is 0.615. The largest absolute Gasteiger partial charge is 0.313 e. The SMILES string of the molecule is CCC(Br)CCNCc1cccc(Cl)c1F. The zero-order chi connectivity index (χ0) is 12.0. The highest BCUT2D eigenvalue weighted by Crippen LogP contribution is 2.17. The summed E-state index contributed by atoms with van der Waals surface area (Å²) < 4.78 is 13.5. The van der Waals surface area contributed by atoms with Crippen LogP contribution >= 0.6 is 27.5 Å². The Bertz CT molecular complexity index is 333. The van der Waals surface area contributed by atoms with E-state index in [1.165, 1.54) is 0 Å². The van der Waals surface area contributed by atoms with E-state index >= 15 is 0 Å². The Labute approximate surface area is 110 Å². The van der Waals surface area contributed by atoms with Gasteiger partial charge in [0, 0.05) is 16.9 Å². The Kier molecular flexibility index (Phi) is 6.32. The third-order valence-electron chi connectivity index (χ3n) is 2.42. The van der Waals surface area contributed by atoms with Crippen molar-refractivity contribution in [3.05, 3.63) is 34.6 Å². The highest BCUT2D eigenvalue weighted by molar-refractivity contribution is 9.09. The summed E-state index contributed by atoms with van der Waals surface area (Å²) in [7, 11) is 0. The van der Waals surface area contributed by atoms with Crippen LogP contribution in [0.25, 0.3) is 0 Å². The van der Waals surface area contributed by atoms with Crippen LogP contribution < -0.4 is 5.32 Å². The van der Waals surface area contributed by atoms with Crippen molar-refractivity contribution in [2.45, 2.75) is 31.1 Å². The fourth-order valence-corrected chi connectivity index (χ4v) is 1.79. The summed E-state index contributed by atoms with van der Waals surface area (Å²) in [6, 6.07) is 5.08. The van der Waals surface area contributed by atoms with Gasteiger partial charge in [-0.15, -0.1) is 0 Å². The van der Waals surface area contributed by atoms with Gasteiger partial charge in [-0.05, 0) is 25.5 Å². The molecule has 0 radical (unpaired) electrons. The van der Waals surface area contributed by atoms with Crippen LogP contribution in [0.3, 0.4) is 0 Å². The van der Waals surface area contributed by atoms with Crippen LogP contribution in [0, 0.1) is 5.82 Å². The molecule has 4 heteroatoms. The summed E-state index contributed by atoms with van der Waals surface area (Å²) in [4.78, 5) is 0.532. The summed E-state index contributed by atoms with van der Waals surface area (Å²) >= 11 is 9.24. The number of halogens is 3. The van der Waals surface area contributed by atoms with Gasteiger partial charge in [-0.25, -0.2) is 4.39 Å². The van der Waals surface area contributed by atoms with E-state index in [1.807, 2.05) is 0 Å². The summed E-state index contributed by atoms with van der Waals surface area (Å²) in [6.45, 7) is 3.53. The van der Waals surface area contributed by atoms with Crippen LogP contribution in [-0.2, 0) is 6.54 Å². The molecule has 1 aromatic rings. The standard InChI is InChI=1S/C12H16BrClFN/c1-2-10(13)6-7-16-8-9-4-3-5-11(14)12(9)15/h3-5,10,16H,2,6-8H2,1H3. The normalized spacial score (nSPS) is 12.8. The summed E-state index contributed by atoms with van der Waals surface area (Å²) in [6.07, 6.45) is 2.14. The molecule has 90 valence electrons. The maximum Gasteiger partial charge on any atom is 0.146 e. The lowest BCUT2D eigenvalue weighted by atomic mass is 10.2. The highest BCUT2D eigenvalue weighted by atomic mass is 79.9. The zero-order valence-electron chi connectivity index (χ0n) is 9.27. The molecule has 0 heterocycles. The van der Waals surface area contributed by atoms with Crippen LogP contribution in [0.15, 0.2) is 18.2 Å². The van der Waals surface area contributed by atoms with E-state index in [9.17, 15) is 4.39 Å². The van der Waals surface area contributed by atoms with Crippen molar-refractivity contribution in [1.82, 2.24) is 5.32 Å². The molecular formula is C12H16BrClFN. The number of alkyl halides is 1. The average molecular weight is 309 g/mol. The van der Waals surface area contributed by atoms with Crippen molar-refractivity contribution < 1.29 is 4.39 Å². The second kappa shape index (κ2) is 7.25. The lowest BCUT2D eigenvalue weighted by molar-refractivity contribution is 0.578. The predicted octanol–water partition coefficient (Wildman–Crippen LogP) is 4.13. The van der Waals surface area contributed by atoms with Gasteiger partial charge in [0.05, 0.1) is 5.02 Å². The van der Waals surface area contributed by atoms with Gasteiger partial charge in [-0.3, -0.25) is 0 Å². The molecule has 1 N–H and O–H groups in total. The van der Waals surface area contributed by atoms with Gasteiger partial charge < -0.3 is 5.32 Å². The van der Waals surface area contributed by atoms with E-state index in [-0.39, 0.29) is 10.8 Å². The molecule has 1 unspecified atom stereocenters. The van der Waals surface area contributed by atoms with Crippen molar-refractivity contribution in [1.29, 1.82) is 0 Å². The first-order valence-electron chi connectivity index (χ1n) is 5.42. The molecule has 16 heavy (non-hydrogen) atoms. The Morgan fingerprint density at radius 3 is 2.94 bits per heavy atom. The lowest BCUT2D eigenvalue weighted by Gasteiger charge is -2.09. The maximum absolute atomic E-state index is 13.5. The van der Waals surface area contributed by atoms with Crippen LogP contribution in [0.5, 0.6) is 0 Å². The highest BCUT2D eigenvalue weighted by Gasteiger charge is 2.05. The van der Waals surface area contributed by atoms with Crippen molar-refractivity contribution in [2.75, 3.05) is 6.54 Å². The predicted molar refractivity (Wildman–Crippen MR) is 70.7 cm³/mol.